The molecule has 4 rings (SSSR count). The van der Waals surface area contributed by atoms with E-state index >= 15 is 0 Å². The number of hydrogen-bond acceptors (Lipinski definition) is 4. The first-order valence-electron chi connectivity index (χ1n) is 9.03. The summed E-state index contributed by atoms with van der Waals surface area (Å²) in [6, 6.07) is 24.0. The number of carbonyl (C=O) groups excluding carboxylic acids is 1. The van der Waals surface area contributed by atoms with Gasteiger partial charge in [0.05, 0.1) is 12.7 Å². The summed E-state index contributed by atoms with van der Waals surface area (Å²) >= 11 is 0. The molecule has 1 N–H and O–H groups in total. The van der Waals surface area contributed by atoms with E-state index in [1.54, 1.807) is 24.3 Å². The van der Waals surface area contributed by atoms with Crippen LogP contribution in [0, 0.1) is 0 Å². The first-order chi connectivity index (χ1) is 13.6. The number of ketones is 1. The molecule has 0 spiro atoms. The molecule has 140 valence electrons. The van der Waals surface area contributed by atoms with Crippen molar-refractivity contribution in [2.24, 2.45) is 0 Å². The molecule has 1 aliphatic heterocycles. The average Bonchev–Trinajstić information content (AvgIpc) is 2.76. The van der Waals surface area contributed by atoms with E-state index in [9.17, 15) is 9.90 Å². The zero-order chi connectivity index (χ0) is 19.6. The zero-order valence-electron chi connectivity index (χ0n) is 15.4. The van der Waals surface area contributed by atoms with Crippen LogP contribution in [0.1, 0.15) is 21.5 Å². The van der Waals surface area contributed by atoms with E-state index < -0.39 is 17.5 Å². The van der Waals surface area contributed by atoms with Gasteiger partial charge in [0.15, 0.2) is 17.5 Å². The van der Waals surface area contributed by atoms with Crippen molar-refractivity contribution in [3.05, 3.63) is 102 Å². The number of hydrogen-bond donors (Lipinski definition) is 1. The molecular weight excluding hydrogens is 352 g/mol. The minimum atomic E-state index is -1.39. The van der Waals surface area contributed by atoms with Crippen LogP contribution in [0.3, 0.4) is 0 Å². The van der Waals surface area contributed by atoms with Gasteiger partial charge in [0.1, 0.15) is 11.5 Å². The van der Waals surface area contributed by atoms with Crippen LogP contribution in [0.15, 0.2) is 84.9 Å². The third-order valence-corrected chi connectivity index (χ3v) is 4.93. The first kappa shape index (κ1) is 18.0. The third-order valence-electron chi connectivity index (χ3n) is 4.93. The van der Waals surface area contributed by atoms with Crippen LogP contribution < -0.4 is 9.47 Å². The molecule has 0 bridgehead atoms. The fourth-order valence-electron chi connectivity index (χ4n) is 3.42. The molecule has 1 aliphatic rings. The standard InChI is InChI=1S/C24H20O4/c1-27-19-12-13-21-20(16-19)22(25)23(26)24(28-21,18-10-6-3-7-11-18)15-14-17-8-4-2-5-9-17/h2-16,23,26H,1H3/t23-,24+/m1/s1. The summed E-state index contributed by atoms with van der Waals surface area (Å²) in [6.07, 6.45) is 2.22. The predicted octanol–water partition coefficient (Wildman–Crippen LogP) is 4.24. The second kappa shape index (κ2) is 7.33. The first-order valence-corrected chi connectivity index (χ1v) is 9.03. The van der Waals surface area contributed by atoms with Crippen molar-refractivity contribution in [1.82, 2.24) is 0 Å². The minimum absolute atomic E-state index is 0.312. The average molecular weight is 372 g/mol. The van der Waals surface area contributed by atoms with E-state index in [1.165, 1.54) is 7.11 Å². The summed E-state index contributed by atoms with van der Waals surface area (Å²) in [5.41, 5.74) is 0.632. The maximum Gasteiger partial charge on any atom is 0.200 e. The lowest BCUT2D eigenvalue weighted by molar-refractivity contribution is -0.0212. The van der Waals surface area contributed by atoms with E-state index in [0.29, 0.717) is 22.6 Å². The SMILES string of the molecule is COc1ccc2c(c1)C(=O)[C@@H](O)[C@](C=Cc1ccccc1)(c1ccccc1)O2. The smallest absolute Gasteiger partial charge is 0.200 e. The van der Waals surface area contributed by atoms with Gasteiger partial charge in [0, 0.05) is 5.56 Å². The summed E-state index contributed by atoms with van der Waals surface area (Å²) in [4.78, 5) is 13.1. The summed E-state index contributed by atoms with van der Waals surface area (Å²) < 4.78 is 11.5. The number of methoxy groups -OCH3 is 1. The molecule has 0 radical (unpaired) electrons. The molecule has 0 aliphatic carbocycles. The van der Waals surface area contributed by atoms with Crippen LogP contribution in [0.2, 0.25) is 0 Å². The van der Waals surface area contributed by atoms with E-state index in [-0.39, 0.29) is 0 Å². The van der Waals surface area contributed by atoms with Crippen LogP contribution in [0.4, 0.5) is 0 Å². The van der Waals surface area contributed by atoms with Crippen LogP contribution in [0.5, 0.6) is 11.5 Å². The fourth-order valence-corrected chi connectivity index (χ4v) is 3.42. The topological polar surface area (TPSA) is 55.8 Å². The molecule has 3 aromatic carbocycles. The second-order valence-electron chi connectivity index (χ2n) is 6.63. The highest BCUT2D eigenvalue weighted by Crippen LogP contribution is 2.42. The molecule has 28 heavy (non-hydrogen) atoms. The van der Waals surface area contributed by atoms with Crippen molar-refractivity contribution in [2.75, 3.05) is 7.11 Å². The predicted molar refractivity (Wildman–Crippen MR) is 108 cm³/mol. The summed E-state index contributed by atoms with van der Waals surface area (Å²) in [7, 11) is 1.53. The molecule has 2 atom stereocenters. The largest absolute Gasteiger partial charge is 0.497 e. The number of fused-ring (bicyclic) bond motifs is 1. The second-order valence-corrected chi connectivity index (χ2v) is 6.63. The van der Waals surface area contributed by atoms with Crippen LogP contribution >= 0.6 is 0 Å². The van der Waals surface area contributed by atoms with Gasteiger partial charge in [-0.1, -0.05) is 66.7 Å². The van der Waals surface area contributed by atoms with Crippen molar-refractivity contribution >= 4 is 11.9 Å². The molecule has 0 saturated heterocycles. The van der Waals surface area contributed by atoms with Crippen molar-refractivity contribution in [2.45, 2.75) is 11.7 Å². The highest BCUT2D eigenvalue weighted by atomic mass is 16.5. The monoisotopic (exact) mass is 372 g/mol. The van der Waals surface area contributed by atoms with Gasteiger partial charge < -0.3 is 14.6 Å². The van der Waals surface area contributed by atoms with Crippen molar-refractivity contribution in [1.29, 1.82) is 0 Å². The molecule has 0 saturated carbocycles. The number of aliphatic hydroxyl groups excluding tert-OH is 1. The summed E-state index contributed by atoms with van der Waals surface area (Å²) in [5.74, 6) is 0.550. The van der Waals surface area contributed by atoms with Crippen molar-refractivity contribution in [3.8, 4) is 11.5 Å². The molecule has 0 unspecified atom stereocenters. The van der Waals surface area contributed by atoms with Crippen LogP contribution in [-0.2, 0) is 5.60 Å². The quantitative estimate of drug-likeness (QED) is 0.744. The third kappa shape index (κ3) is 3.08. The van der Waals surface area contributed by atoms with Gasteiger partial charge in [-0.15, -0.1) is 0 Å². The van der Waals surface area contributed by atoms with E-state index in [2.05, 4.69) is 0 Å². The van der Waals surface area contributed by atoms with Crippen molar-refractivity contribution < 1.29 is 19.4 Å². The normalized spacial score (nSPS) is 21.2. The molecule has 0 fully saturated rings. The van der Waals surface area contributed by atoms with E-state index in [1.807, 2.05) is 66.7 Å². The Balaban J connectivity index is 1.86. The Morgan fingerprint density at radius 3 is 2.36 bits per heavy atom. The Hall–Kier alpha value is -3.37. The lowest BCUT2D eigenvalue weighted by Gasteiger charge is -2.40. The maximum absolute atomic E-state index is 13.1. The molecule has 4 nitrogen and oxygen atoms in total. The van der Waals surface area contributed by atoms with E-state index in [4.69, 9.17) is 9.47 Å². The molecule has 3 aromatic rings. The Labute approximate surface area is 163 Å². The minimum Gasteiger partial charge on any atom is -0.497 e. The van der Waals surface area contributed by atoms with Gasteiger partial charge in [-0.2, -0.15) is 0 Å². The zero-order valence-corrected chi connectivity index (χ0v) is 15.4. The molecule has 4 heteroatoms. The van der Waals surface area contributed by atoms with Gasteiger partial charge in [0.2, 0.25) is 0 Å². The van der Waals surface area contributed by atoms with Gasteiger partial charge in [-0.25, -0.2) is 0 Å². The number of ether oxygens (including phenoxy) is 2. The molecular formula is C24H20O4. The summed E-state index contributed by atoms with van der Waals surface area (Å²) in [6.45, 7) is 0. The van der Waals surface area contributed by atoms with Gasteiger partial charge >= 0.3 is 0 Å². The Kier molecular flexibility index (Phi) is 4.72. The van der Waals surface area contributed by atoms with Gasteiger partial charge in [0.25, 0.3) is 0 Å². The van der Waals surface area contributed by atoms with Gasteiger partial charge in [-0.3, -0.25) is 4.79 Å². The van der Waals surface area contributed by atoms with E-state index in [0.717, 1.165) is 5.56 Å². The Bertz CT molecular complexity index is 1010. The van der Waals surface area contributed by atoms with Crippen LogP contribution in [-0.4, -0.2) is 24.1 Å². The fraction of sp³-hybridized carbons (Fsp3) is 0.125. The number of benzene rings is 3. The Morgan fingerprint density at radius 2 is 1.68 bits per heavy atom. The highest BCUT2D eigenvalue weighted by molar-refractivity contribution is 6.04. The van der Waals surface area contributed by atoms with Crippen LogP contribution in [0.25, 0.3) is 6.08 Å². The summed E-state index contributed by atoms with van der Waals surface area (Å²) in [5, 5.41) is 11.1. The lowest BCUT2D eigenvalue weighted by atomic mass is 9.81. The molecule has 1 heterocycles. The number of carbonyl (C=O) groups is 1. The molecule has 0 amide bonds. The number of rotatable bonds is 4. The molecule has 0 aromatic heterocycles. The number of aliphatic hydroxyl groups is 1. The Morgan fingerprint density at radius 1 is 1.00 bits per heavy atom. The maximum atomic E-state index is 13.1. The lowest BCUT2D eigenvalue weighted by Crippen LogP contribution is -2.51. The van der Waals surface area contributed by atoms with Gasteiger partial charge in [-0.05, 0) is 29.8 Å². The highest BCUT2D eigenvalue weighted by Gasteiger charge is 2.48. The van der Waals surface area contributed by atoms with Crippen molar-refractivity contribution in [3.63, 3.8) is 0 Å². The number of Topliss-reactive ketones (excluding diaryl/α,β-unsaturated/α-hetero) is 1.